The topological polar surface area (TPSA) is 128 Å². The van der Waals surface area contributed by atoms with Gasteiger partial charge in [0.05, 0.1) is 26.2 Å². The van der Waals surface area contributed by atoms with Crippen LogP contribution in [0.4, 0.5) is 0 Å². The largest absolute Gasteiger partial charge is 0.469 e. The Bertz CT molecular complexity index is 616. The van der Waals surface area contributed by atoms with Gasteiger partial charge in [0.1, 0.15) is 0 Å². The van der Waals surface area contributed by atoms with E-state index in [0.717, 1.165) is 45.3 Å². The molecule has 3 aliphatic heterocycles. The number of carbonyl (C=O) groups is 4. The lowest BCUT2D eigenvalue weighted by molar-refractivity contribution is -0.145. The molecule has 196 valence electrons. The minimum absolute atomic E-state index is 0.0890. The van der Waals surface area contributed by atoms with Crippen molar-refractivity contribution >= 4 is 23.7 Å². The molecule has 0 aliphatic carbocycles. The maximum absolute atomic E-state index is 11.6. The van der Waals surface area contributed by atoms with Gasteiger partial charge in [-0.15, -0.1) is 0 Å². The molecule has 1 atom stereocenters. The van der Waals surface area contributed by atoms with E-state index in [-0.39, 0.29) is 42.8 Å². The first-order chi connectivity index (χ1) is 16.4. The predicted molar refractivity (Wildman–Crippen MR) is 127 cm³/mol. The Balaban J connectivity index is 0.000000274. The molecule has 0 aromatic carbocycles. The van der Waals surface area contributed by atoms with Crippen LogP contribution in [0, 0.1) is 5.92 Å². The smallest absolute Gasteiger partial charge is 0.310 e. The first-order valence-corrected chi connectivity index (χ1v) is 12.5. The highest BCUT2D eigenvalue weighted by atomic mass is 16.5. The van der Waals surface area contributed by atoms with Gasteiger partial charge in [-0.3, -0.25) is 19.2 Å². The van der Waals surface area contributed by atoms with Crippen LogP contribution in [-0.2, 0) is 23.9 Å². The minimum Gasteiger partial charge on any atom is -0.469 e. The third-order valence-electron chi connectivity index (χ3n) is 6.11. The number of hydrogen-bond donors (Lipinski definition) is 2. The number of unbranched alkanes of at least 4 members (excludes halogenated alkanes) is 3. The van der Waals surface area contributed by atoms with E-state index in [9.17, 15) is 19.2 Å². The Labute approximate surface area is 203 Å². The number of hydrogen-bond acceptors (Lipinski definition) is 7. The van der Waals surface area contributed by atoms with Gasteiger partial charge in [0.2, 0.25) is 17.7 Å². The summed E-state index contributed by atoms with van der Waals surface area (Å²) in [6.07, 6.45) is 8.16. The summed E-state index contributed by atoms with van der Waals surface area (Å²) in [5.74, 6) is -0.0481. The summed E-state index contributed by atoms with van der Waals surface area (Å²) in [7, 11) is 1.37. The number of likely N-dealkylation sites (tertiary alicyclic amines) is 3. The maximum atomic E-state index is 11.6. The van der Waals surface area contributed by atoms with Gasteiger partial charge in [-0.2, -0.15) is 0 Å². The second-order valence-electron chi connectivity index (χ2n) is 8.74. The first kappa shape index (κ1) is 29.8. The molecule has 0 radical (unpaired) electrons. The quantitative estimate of drug-likeness (QED) is 0.346. The maximum Gasteiger partial charge on any atom is 0.310 e. The van der Waals surface area contributed by atoms with E-state index in [2.05, 4.69) is 11.7 Å². The Morgan fingerprint density at radius 1 is 0.853 bits per heavy atom. The number of rotatable bonds is 10. The number of esters is 1. The summed E-state index contributed by atoms with van der Waals surface area (Å²) in [5.41, 5.74) is 0. The highest BCUT2D eigenvalue weighted by Gasteiger charge is 2.34. The molecule has 3 fully saturated rings. The zero-order valence-corrected chi connectivity index (χ0v) is 20.9. The molecule has 3 amide bonds. The van der Waals surface area contributed by atoms with E-state index < -0.39 is 0 Å². The van der Waals surface area contributed by atoms with Crippen molar-refractivity contribution < 1.29 is 34.1 Å². The zero-order chi connectivity index (χ0) is 25.3. The molecule has 3 saturated heterocycles. The fourth-order valence-electron chi connectivity index (χ4n) is 4.16. The molecule has 0 aromatic rings. The van der Waals surface area contributed by atoms with Crippen molar-refractivity contribution in [3.05, 3.63) is 0 Å². The molecule has 3 heterocycles. The molecular weight excluding hydrogens is 442 g/mol. The third-order valence-corrected chi connectivity index (χ3v) is 6.11. The molecule has 0 spiro atoms. The summed E-state index contributed by atoms with van der Waals surface area (Å²) in [6, 6.07) is 0. The van der Waals surface area contributed by atoms with Crippen molar-refractivity contribution in [3.8, 4) is 0 Å². The van der Waals surface area contributed by atoms with Gasteiger partial charge in [-0.1, -0.05) is 26.2 Å². The van der Waals surface area contributed by atoms with Crippen LogP contribution in [0.2, 0.25) is 0 Å². The number of amides is 3. The Kier molecular flexibility index (Phi) is 15.1. The number of aliphatic hydroxyl groups is 2. The normalized spacial score (nSPS) is 19.7. The van der Waals surface area contributed by atoms with Crippen molar-refractivity contribution in [2.45, 2.75) is 64.7 Å². The van der Waals surface area contributed by atoms with Crippen LogP contribution in [0.25, 0.3) is 0 Å². The number of aliphatic hydroxyl groups excluding tert-OH is 2. The molecular formula is C24H43N3O7. The minimum atomic E-state index is -0.260. The molecule has 34 heavy (non-hydrogen) atoms. The summed E-state index contributed by atoms with van der Waals surface area (Å²) in [4.78, 5) is 49.6. The van der Waals surface area contributed by atoms with Crippen molar-refractivity contribution in [1.82, 2.24) is 14.7 Å². The third kappa shape index (κ3) is 10.8. The van der Waals surface area contributed by atoms with E-state index in [1.807, 2.05) is 0 Å². The van der Waals surface area contributed by atoms with Gasteiger partial charge in [0, 0.05) is 58.5 Å². The first-order valence-electron chi connectivity index (χ1n) is 12.5. The Morgan fingerprint density at radius 2 is 1.41 bits per heavy atom. The van der Waals surface area contributed by atoms with Gasteiger partial charge in [-0.25, -0.2) is 0 Å². The fraction of sp³-hybridized carbons (Fsp3) is 0.833. The SMILES string of the molecule is CCCCCCN1CC(C(=O)OC)CC1=O.O=C1CCCN1CCO.O=C1CCCN1CCO. The van der Waals surface area contributed by atoms with Crippen molar-refractivity contribution in [2.75, 3.05) is 59.6 Å². The molecule has 0 bridgehead atoms. The van der Waals surface area contributed by atoms with Crippen LogP contribution in [-0.4, -0.2) is 108 Å². The number of methoxy groups -OCH3 is 1. The average molecular weight is 486 g/mol. The fourth-order valence-corrected chi connectivity index (χ4v) is 4.16. The molecule has 1 unspecified atom stereocenters. The van der Waals surface area contributed by atoms with Gasteiger partial charge >= 0.3 is 5.97 Å². The van der Waals surface area contributed by atoms with Gasteiger partial charge < -0.3 is 29.6 Å². The average Bonchev–Trinajstić information content (AvgIpc) is 3.53. The van der Waals surface area contributed by atoms with Gasteiger partial charge in [0.25, 0.3) is 0 Å². The lowest BCUT2D eigenvalue weighted by atomic mass is 10.1. The van der Waals surface area contributed by atoms with E-state index in [4.69, 9.17) is 10.2 Å². The molecule has 10 heteroatoms. The summed E-state index contributed by atoms with van der Waals surface area (Å²) >= 11 is 0. The summed E-state index contributed by atoms with van der Waals surface area (Å²) in [5, 5.41) is 16.9. The molecule has 3 rings (SSSR count). The molecule has 10 nitrogen and oxygen atoms in total. The molecule has 2 N–H and O–H groups in total. The van der Waals surface area contributed by atoms with Crippen LogP contribution in [0.3, 0.4) is 0 Å². The second kappa shape index (κ2) is 17.3. The van der Waals surface area contributed by atoms with Crippen molar-refractivity contribution in [3.63, 3.8) is 0 Å². The van der Waals surface area contributed by atoms with Crippen molar-refractivity contribution in [2.24, 2.45) is 5.92 Å². The number of ether oxygens (including phenoxy) is 1. The monoisotopic (exact) mass is 485 g/mol. The highest BCUT2D eigenvalue weighted by molar-refractivity contribution is 5.86. The number of carbonyl (C=O) groups excluding carboxylic acids is 4. The van der Waals surface area contributed by atoms with Crippen LogP contribution in [0.5, 0.6) is 0 Å². The Morgan fingerprint density at radius 3 is 1.82 bits per heavy atom. The lowest BCUT2D eigenvalue weighted by Gasteiger charge is -2.15. The standard InChI is InChI=1S/C12H21NO3.2C6H11NO2/c1-3-4-5-6-7-13-9-10(8-11(13)14)12(15)16-2;2*8-5-4-7-3-1-2-6(7)9/h10H,3-9H2,1-2H3;2*8H,1-5H2. The van der Waals surface area contributed by atoms with Gasteiger partial charge in [0.15, 0.2) is 0 Å². The second-order valence-corrected chi connectivity index (χ2v) is 8.74. The van der Waals surface area contributed by atoms with Crippen LogP contribution in [0.1, 0.15) is 64.7 Å². The van der Waals surface area contributed by atoms with E-state index >= 15 is 0 Å². The molecule has 0 aromatic heterocycles. The zero-order valence-electron chi connectivity index (χ0n) is 20.9. The number of nitrogens with zero attached hydrogens (tertiary/aromatic N) is 3. The van der Waals surface area contributed by atoms with E-state index in [1.165, 1.54) is 20.0 Å². The van der Waals surface area contributed by atoms with E-state index in [1.54, 1.807) is 14.7 Å². The van der Waals surface area contributed by atoms with Crippen LogP contribution in [0.15, 0.2) is 0 Å². The summed E-state index contributed by atoms with van der Waals surface area (Å²) in [6.45, 7) is 6.35. The number of β-amino-alcohol motifs (C(OH)–C–C–N with tert-alkyl or cyclic N) is 2. The lowest BCUT2D eigenvalue weighted by Crippen LogP contribution is -2.27. The molecule has 0 saturated carbocycles. The van der Waals surface area contributed by atoms with Gasteiger partial charge in [-0.05, 0) is 19.3 Å². The molecule has 3 aliphatic rings. The van der Waals surface area contributed by atoms with Crippen molar-refractivity contribution in [1.29, 1.82) is 0 Å². The summed E-state index contributed by atoms with van der Waals surface area (Å²) < 4.78 is 4.66. The predicted octanol–water partition coefficient (Wildman–Crippen LogP) is 0.790. The Hall–Kier alpha value is -2.20. The van der Waals surface area contributed by atoms with E-state index in [0.29, 0.717) is 38.9 Å². The highest BCUT2D eigenvalue weighted by Crippen LogP contribution is 2.19. The van der Waals surface area contributed by atoms with Crippen LogP contribution < -0.4 is 0 Å². The van der Waals surface area contributed by atoms with Crippen LogP contribution >= 0.6 is 0 Å².